The van der Waals surface area contributed by atoms with Crippen LogP contribution in [0.3, 0.4) is 0 Å². The van der Waals surface area contributed by atoms with E-state index in [0.29, 0.717) is 25.0 Å². The molecule has 0 bridgehead atoms. The molecule has 1 aliphatic carbocycles. The van der Waals surface area contributed by atoms with E-state index in [0.717, 1.165) is 25.7 Å². The molecule has 0 aromatic heterocycles. The van der Waals surface area contributed by atoms with Crippen LogP contribution in [0.2, 0.25) is 0 Å². The van der Waals surface area contributed by atoms with Crippen LogP contribution in [-0.4, -0.2) is 60.0 Å². The standard InChI is InChI=1S/C27H49N3O4/c1-10-27(11-2,29-19(6)7)26(33)28-23(21-15-13-14-16-21)24(31)30(9)22(18(4)5)17-20(8)25(32)34-12-3/h17-19,21-23,29H,10-16H2,1-9H3,(H,28,33)/b20-17+. The number of nitrogens with one attached hydrogen (secondary N) is 2. The van der Waals surface area contributed by atoms with Gasteiger partial charge in [-0.2, -0.15) is 0 Å². The van der Waals surface area contributed by atoms with Crippen LogP contribution in [-0.2, 0) is 19.1 Å². The Labute approximate surface area is 207 Å². The predicted molar refractivity (Wildman–Crippen MR) is 137 cm³/mol. The molecule has 1 rings (SSSR count). The first-order valence-corrected chi connectivity index (χ1v) is 13.1. The van der Waals surface area contributed by atoms with Gasteiger partial charge in [-0.3, -0.25) is 9.59 Å². The number of nitrogens with zero attached hydrogens (tertiary/aromatic N) is 1. The minimum absolute atomic E-state index is 0.0891. The maximum atomic E-state index is 13.9. The van der Waals surface area contributed by atoms with Gasteiger partial charge in [0.2, 0.25) is 11.8 Å². The Hall–Kier alpha value is -1.89. The van der Waals surface area contributed by atoms with Crippen LogP contribution in [0, 0.1) is 11.8 Å². The van der Waals surface area contributed by atoms with E-state index in [1.165, 1.54) is 0 Å². The van der Waals surface area contributed by atoms with Gasteiger partial charge in [0.25, 0.3) is 0 Å². The molecule has 0 aromatic carbocycles. The lowest BCUT2D eigenvalue weighted by Crippen LogP contribution is -2.63. The van der Waals surface area contributed by atoms with Gasteiger partial charge in [0.1, 0.15) is 6.04 Å². The van der Waals surface area contributed by atoms with E-state index >= 15 is 0 Å². The van der Waals surface area contributed by atoms with Crippen LogP contribution in [0.15, 0.2) is 11.6 Å². The fourth-order valence-corrected chi connectivity index (χ4v) is 5.03. The highest BCUT2D eigenvalue weighted by Crippen LogP contribution is 2.30. The molecule has 0 spiro atoms. The Morgan fingerprint density at radius 2 is 1.62 bits per heavy atom. The average Bonchev–Trinajstić information content (AvgIpc) is 3.32. The second-order valence-electron chi connectivity index (χ2n) is 10.3. The smallest absolute Gasteiger partial charge is 0.333 e. The van der Waals surface area contributed by atoms with Gasteiger partial charge in [-0.1, -0.05) is 46.6 Å². The highest BCUT2D eigenvalue weighted by Gasteiger charge is 2.41. The summed E-state index contributed by atoms with van der Waals surface area (Å²) in [6.45, 7) is 15.9. The van der Waals surface area contributed by atoms with E-state index in [1.807, 2.05) is 47.6 Å². The third kappa shape index (κ3) is 7.82. The molecule has 196 valence electrons. The molecule has 0 aliphatic heterocycles. The van der Waals surface area contributed by atoms with Gasteiger partial charge in [0.15, 0.2) is 0 Å². The lowest BCUT2D eigenvalue weighted by atomic mass is 9.88. The molecule has 34 heavy (non-hydrogen) atoms. The van der Waals surface area contributed by atoms with Gasteiger partial charge < -0.3 is 20.3 Å². The van der Waals surface area contributed by atoms with Crippen molar-refractivity contribution in [1.29, 1.82) is 0 Å². The predicted octanol–water partition coefficient (Wildman–Crippen LogP) is 4.21. The molecule has 1 fully saturated rings. The molecule has 2 N–H and O–H groups in total. The van der Waals surface area contributed by atoms with Crippen LogP contribution in [0.5, 0.6) is 0 Å². The van der Waals surface area contributed by atoms with Crippen molar-refractivity contribution < 1.29 is 19.1 Å². The number of hydrogen-bond donors (Lipinski definition) is 2. The number of rotatable bonds is 13. The molecular weight excluding hydrogens is 430 g/mol. The number of carbonyl (C=O) groups excluding carboxylic acids is 3. The SMILES string of the molecule is CCOC(=O)/C(C)=C/C(C(C)C)N(C)C(=O)C(NC(=O)C(CC)(CC)NC(C)C)C1CCCC1. The highest BCUT2D eigenvalue weighted by molar-refractivity contribution is 5.93. The Kier molecular flexibility index (Phi) is 12.3. The summed E-state index contributed by atoms with van der Waals surface area (Å²) in [5.41, 5.74) is -0.222. The van der Waals surface area contributed by atoms with E-state index in [1.54, 1.807) is 25.8 Å². The molecule has 0 heterocycles. The maximum absolute atomic E-state index is 13.9. The van der Waals surface area contributed by atoms with E-state index < -0.39 is 11.6 Å². The first kappa shape index (κ1) is 30.1. The van der Waals surface area contributed by atoms with Crippen LogP contribution in [0.1, 0.15) is 93.9 Å². The molecule has 1 saturated carbocycles. The van der Waals surface area contributed by atoms with Crippen molar-refractivity contribution in [3.05, 3.63) is 11.6 Å². The van der Waals surface area contributed by atoms with Gasteiger partial charge in [0, 0.05) is 18.7 Å². The minimum Gasteiger partial charge on any atom is -0.463 e. The van der Waals surface area contributed by atoms with Gasteiger partial charge in [-0.05, 0) is 65.2 Å². The minimum atomic E-state index is -0.707. The second-order valence-corrected chi connectivity index (χ2v) is 10.3. The lowest BCUT2D eigenvalue weighted by Gasteiger charge is -2.38. The fraction of sp³-hybridized carbons (Fsp3) is 0.815. The molecule has 7 nitrogen and oxygen atoms in total. The third-order valence-corrected chi connectivity index (χ3v) is 7.13. The first-order chi connectivity index (χ1) is 15.9. The summed E-state index contributed by atoms with van der Waals surface area (Å²) in [4.78, 5) is 41.3. The van der Waals surface area contributed by atoms with Crippen molar-refractivity contribution in [2.45, 2.75) is 118 Å². The average molecular weight is 480 g/mol. The van der Waals surface area contributed by atoms with Crippen LogP contribution in [0.25, 0.3) is 0 Å². The van der Waals surface area contributed by atoms with E-state index in [9.17, 15) is 14.4 Å². The molecule has 2 atom stereocenters. The van der Waals surface area contributed by atoms with E-state index in [-0.39, 0.29) is 41.7 Å². The summed E-state index contributed by atoms with van der Waals surface area (Å²) in [6.07, 6.45) is 7.10. The summed E-state index contributed by atoms with van der Waals surface area (Å²) in [5.74, 6) is -0.370. The molecule has 0 saturated heterocycles. The van der Waals surface area contributed by atoms with Crippen molar-refractivity contribution in [2.24, 2.45) is 11.8 Å². The Morgan fingerprint density at radius 1 is 1.06 bits per heavy atom. The van der Waals surface area contributed by atoms with Crippen LogP contribution >= 0.6 is 0 Å². The number of esters is 1. The number of carbonyl (C=O) groups is 3. The Bertz CT molecular complexity index is 707. The summed E-state index contributed by atoms with van der Waals surface area (Å²) >= 11 is 0. The normalized spacial score (nSPS) is 17.1. The topological polar surface area (TPSA) is 87.7 Å². The molecule has 1 aliphatic rings. The van der Waals surface area contributed by atoms with E-state index in [4.69, 9.17) is 4.74 Å². The molecule has 2 amide bonds. The number of ether oxygens (including phenoxy) is 1. The molecule has 7 heteroatoms. The second kappa shape index (κ2) is 13.9. The number of hydrogen-bond acceptors (Lipinski definition) is 5. The zero-order valence-electron chi connectivity index (χ0n) is 23.0. The zero-order valence-corrected chi connectivity index (χ0v) is 23.0. The summed E-state index contributed by atoms with van der Waals surface area (Å²) in [5, 5.41) is 6.62. The zero-order chi connectivity index (χ0) is 26.1. The number of likely N-dealkylation sites (N-methyl/N-ethyl adjacent to an activating group) is 1. The van der Waals surface area contributed by atoms with Crippen molar-refractivity contribution in [1.82, 2.24) is 15.5 Å². The van der Waals surface area contributed by atoms with Crippen LogP contribution < -0.4 is 10.6 Å². The van der Waals surface area contributed by atoms with Gasteiger partial charge in [0.05, 0.1) is 18.2 Å². The first-order valence-electron chi connectivity index (χ1n) is 13.1. The maximum Gasteiger partial charge on any atom is 0.333 e. The Balaban J connectivity index is 3.25. The Morgan fingerprint density at radius 3 is 2.06 bits per heavy atom. The summed E-state index contributed by atoms with van der Waals surface area (Å²) in [7, 11) is 1.77. The van der Waals surface area contributed by atoms with E-state index in [2.05, 4.69) is 10.6 Å². The van der Waals surface area contributed by atoms with Crippen molar-refractivity contribution in [2.75, 3.05) is 13.7 Å². The molecule has 0 aromatic rings. The van der Waals surface area contributed by atoms with Gasteiger partial charge >= 0.3 is 5.97 Å². The van der Waals surface area contributed by atoms with Gasteiger partial charge in [-0.15, -0.1) is 0 Å². The van der Waals surface area contributed by atoms with Crippen molar-refractivity contribution in [3.8, 4) is 0 Å². The monoisotopic (exact) mass is 479 g/mol. The van der Waals surface area contributed by atoms with Crippen LogP contribution in [0.4, 0.5) is 0 Å². The third-order valence-electron chi connectivity index (χ3n) is 7.13. The summed E-state index contributed by atoms with van der Waals surface area (Å²) < 4.78 is 5.13. The van der Waals surface area contributed by atoms with Crippen molar-refractivity contribution in [3.63, 3.8) is 0 Å². The lowest BCUT2D eigenvalue weighted by molar-refractivity contribution is -0.141. The van der Waals surface area contributed by atoms with Gasteiger partial charge in [-0.25, -0.2) is 4.79 Å². The molecular formula is C27H49N3O4. The fourth-order valence-electron chi connectivity index (χ4n) is 5.03. The van der Waals surface area contributed by atoms with Crippen molar-refractivity contribution >= 4 is 17.8 Å². The largest absolute Gasteiger partial charge is 0.463 e. The highest BCUT2D eigenvalue weighted by atomic mass is 16.5. The molecule has 2 unspecified atom stereocenters. The summed E-state index contributed by atoms with van der Waals surface area (Å²) in [6, 6.07) is -0.715. The molecule has 0 radical (unpaired) electrons. The quantitative estimate of drug-likeness (QED) is 0.305. The number of amides is 2.